The number of aryl methyl sites for hydroxylation is 3. The van der Waals surface area contributed by atoms with Crippen molar-refractivity contribution in [2.45, 2.75) is 38.0 Å². The third-order valence-electron chi connectivity index (χ3n) is 5.67. The summed E-state index contributed by atoms with van der Waals surface area (Å²) >= 11 is 0. The monoisotopic (exact) mass is 446 g/mol. The summed E-state index contributed by atoms with van der Waals surface area (Å²) in [5.41, 5.74) is 5.22. The van der Waals surface area contributed by atoms with Gasteiger partial charge >= 0.3 is 0 Å². The van der Waals surface area contributed by atoms with Crippen LogP contribution < -0.4 is 5.32 Å². The number of nitrogens with zero attached hydrogens (tertiary/aromatic N) is 1. The van der Waals surface area contributed by atoms with Crippen LogP contribution in [0.15, 0.2) is 77.8 Å². The lowest BCUT2D eigenvalue weighted by molar-refractivity contribution is -0.116. The SMILES string of the molecule is Cc1ccc(C)c(NC(=O)Cn2cc(S(=O)(=O)Cc3ccccc3C)c3ccccc32)c1. The van der Waals surface area contributed by atoms with Gasteiger partial charge in [-0.3, -0.25) is 4.79 Å². The van der Waals surface area contributed by atoms with Crippen molar-refractivity contribution in [1.29, 1.82) is 0 Å². The van der Waals surface area contributed by atoms with Gasteiger partial charge in [-0.05, 0) is 55.2 Å². The second-order valence-electron chi connectivity index (χ2n) is 8.19. The number of hydrogen-bond donors (Lipinski definition) is 1. The molecule has 1 aromatic heterocycles. The van der Waals surface area contributed by atoms with Gasteiger partial charge in [-0.1, -0.05) is 54.6 Å². The lowest BCUT2D eigenvalue weighted by Gasteiger charge is -2.10. The zero-order valence-electron chi connectivity index (χ0n) is 18.4. The van der Waals surface area contributed by atoms with E-state index in [1.54, 1.807) is 16.8 Å². The Morgan fingerprint density at radius 2 is 1.62 bits per heavy atom. The molecule has 1 N–H and O–H groups in total. The second kappa shape index (κ2) is 8.63. The molecule has 0 aliphatic rings. The van der Waals surface area contributed by atoms with E-state index in [4.69, 9.17) is 0 Å². The van der Waals surface area contributed by atoms with Crippen LogP contribution in [0.1, 0.15) is 22.3 Å². The average Bonchev–Trinajstić information content (AvgIpc) is 3.12. The fourth-order valence-electron chi connectivity index (χ4n) is 3.86. The van der Waals surface area contributed by atoms with Gasteiger partial charge in [0.15, 0.2) is 9.84 Å². The molecule has 0 atom stereocenters. The number of fused-ring (bicyclic) bond motifs is 1. The molecule has 4 rings (SSSR count). The molecule has 4 aromatic rings. The third kappa shape index (κ3) is 4.46. The van der Waals surface area contributed by atoms with Gasteiger partial charge in [0.25, 0.3) is 0 Å². The number of hydrogen-bond acceptors (Lipinski definition) is 3. The van der Waals surface area contributed by atoms with Crippen molar-refractivity contribution in [2.75, 3.05) is 5.32 Å². The van der Waals surface area contributed by atoms with Crippen molar-refractivity contribution in [3.05, 3.63) is 95.2 Å². The zero-order valence-corrected chi connectivity index (χ0v) is 19.2. The van der Waals surface area contributed by atoms with E-state index in [1.807, 2.05) is 81.4 Å². The molecule has 164 valence electrons. The van der Waals surface area contributed by atoms with Gasteiger partial charge in [0.05, 0.1) is 10.6 Å². The zero-order chi connectivity index (χ0) is 22.9. The number of amides is 1. The highest BCUT2D eigenvalue weighted by molar-refractivity contribution is 7.90. The van der Waals surface area contributed by atoms with Gasteiger partial charge in [-0.15, -0.1) is 0 Å². The van der Waals surface area contributed by atoms with Crippen LogP contribution in [0.25, 0.3) is 10.9 Å². The Morgan fingerprint density at radius 1 is 0.906 bits per heavy atom. The molecule has 0 unspecified atom stereocenters. The summed E-state index contributed by atoms with van der Waals surface area (Å²) in [5.74, 6) is -0.287. The quantitative estimate of drug-likeness (QED) is 0.444. The topological polar surface area (TPSA) is 68.2 Å². The summed E-state index contributed by atoms with van der Waals surface area (Å²) in [4.78, 5) is 13.0. The van der Waals surface area contributed by atoms with Crippen LogP contribution in [-0.2, 0) is 26.9 Å². The molecule has 1 heterocycles. The molecular formula is C26H26N2O3S. The van der Waals surface area contributed by atoms with E-state index in [9.17, 15) is 13.2 Å². The standard InChI is InChI=1S/C26H26N2O3S/c1-18-12-13-20(3)23(14-18)27-26(29)16-28-15-25(22-10-6-7-11-24(22)28)32(30,31)17-21-9-5-4-8-19(21)2/h4-15H,16-17H2,1-3H3,(H,27,29). The Kier molecular flexibility index (Phi) is 5.89. The normalized spacial score (nSPS) is 11.6. The van der Waals surface area contributed by atoms with E-state index in [1.165, 1.54) is 0 Å². The number of carbonyl (C=O) groups is 1. The first-order valence-electron chi connectivity index (χ1n) is 10.5. The highest BCUT2D eigenvalue weighted by Crippen LogP contribution is 2.29. The minimum absolute atomic E-state index is 0.0216. The van der Waals surface area contributed by atoms with Crippen molar-refractivity contribution in [3.8, 4) is 0 Å². The number of rotatable bonds is 6. The Labute approximate surface area is 188 Å². The molecule has 0 aliphatic heterocycles. The summed E-state index contributed by atoms with van der Waals surface area (Å²) in [6.07, 6.45) is 1.58. The van der Waals surface area contributed by atoms with Crippen LogP contribution >= 0.6 is 0 Å². The first-order valence-corrected chi connectivity index (χ1v) is 12.1. The van der Waals surface area contributed by atoms with E-state index in [-0.39, 0.29) is 23.1 Å². The van der Waals surface area contributed by atoms with Crippen molar-refractivity contribution in [2.24, 2.45) is 0 Å². The Hall–Kier alpha value is -3.38. The number of sulfone groups is 1. The maximum Gasteiger partial charge on any atom is 0.244 e. The molecule has 0 saturated carbocycles. The van der Waals surface area contributed by atoms with Gasteiger partial charge in [0.1, 0.15) is 6.54 Å². The number of benzene rings is 3. The lowest BCUT2D eigenvalue weighted by Crippen LogP contribution is -2.19. The minimum atomic E-state index is -3.60. The van der Waals surface area contributed by atoms with Gasteiger partial charge in [-0.2, -0.15) is 0 Å². The maximum absolute atomic E-state index is 13.3. The molecule has 5 nitrogen and oxygen atoms in total. The Morgan fingerprint density at radius 3 is 2.41 bits per heavy atom. The maximum atomic E-state index is 13.3. The van der Waals surface area contributed by atoms with Crippen molar-refractivity contribution < 1.29 is 13.2 Å². The van der Waals surface area contributed by atoms with Crippen LogP contribution in [0.2, 0.25) is 0 Å². The van der Waals surface area contributed by atoms with Gasteiger partial charge in [0.2, 0.25) is 5.91 Å². The van der Waals surface area contributed by atoms with Crippen LogP contribution in [0, 0.1) is 20.8 Å². The van der Waals surface area contributed by atoms with E-state index < -0.39 is 9.84 Å². The molecule has 0 fully saturated rings. The number of anilines is 1. The van der Waals surface area contributed by atoms with Crippen LogP contribution in [0.5, 0.6) is 0 Å². The predicted molar refractivity (Wildman–Crippen MR) is 129 cm³/mol. The second-order valence-corrected chi connectivity index (χ2v) is 10.1. The van der Waals surface area contributed by atoms with Crippen molar-refractivity contribution in [3.63, 3.8) is 0 Å². The number of aromatic nitrogens is 1. The van der Waals surface area contributed by atoms with Crippen LogP contribution in [0.3, 0.4) is 0 Å². The fourth-order valence-corrected chi connectivity index (χ4v) is 5.55. The number of nitrogens with one attached hydrogen (secondary N) is 1. The highest BCUT2D eigenvalue weighted by atomic mass is 32.2. The molecule has 32 heavy (non-hydrogen) atoms. The fraction of sp³-hybridized carbons (Fsp3) is 0.192. The van der Waals surface area contributed by atoms with E-state index >= 15 is 0 Å². The molecule has 0 radical (unpaired) electrons. The summed E-state index contributed by atoms with van der Waals surface area (Å²) in [7, 11) is -3.60. The minimum Gasteiger partial charge on any atom is -0.337 e. The highest BCUT2D eigenvalue weighted by Gasteiger charge is 2.23. The summed E-state index contributed by atoms with van der Waals surface area (Å²) < 4.78 is 28.4. The van der Waals surface area contributed by atoms with E-state index in [0.717, 1.165) is 27.9 Å². The molecule has 3 aromatic carbocycles. The molecule has 0 bridgehead atoms. The Bertz CT molecular complexity index is 1420. The lowest BCUT2D eigenvalue weighted by atomic mass is 10.1. The summed E-state index contributed by atoms with van der Waals surface area (Å²) in [5, 5.41) is 3.58. The molecule has 0 spiro atoms. The first kappa shape index (κ1) is 21.8. The van der Waals surface area contributed by atoms with E-state index in [2.05, 4.69) is 5.32 Å². The molecule has 6 heteroatoms. The van der Waals surface area contributed by atoms with Crippen molar-refractivity contribution in [1.82, 2.24) is 4.57 Å². The van der Waals surface area contributed by atoms with Gasteiger partial charge < -0.3 is 9.88 Å². The van der Waals surface area contributed by atoms with E-state index in [0.29, 0.717) is 10.9 Å². The number of para-hydroxylation sites is 1. The van der Waals surface area contributed by atoms with Crippen molar-refractivity contribution >= 4 is 32.3 Å². The molecular weight excluding hydrogens is 420 g/mol. The molecule has 0 aliphatic carbocycles. The predicted octanol–water partition coefficient (Wildman–Crippen LogP) is 5.18. The number of carbonyl (C=O) groups excluding carboxylic acids is 1. The molecule has 0 saturated heterocycles. The Balaban J connectivity index is 1.66. The largest absolute Gasteiger partial charge is 0.337 e. The smallest absolute Gasteiger partial charge is 0.244 e. The molecule has 1 amide bonds. The van der Waals surface area contributed by atoms with Crippen LogP contribution in [0.4, 0.5) is 5.69 Å². The first-order chi connectivity index (χ1) is 15.2. The summed E-state index contributed by atoms with van der Waals surface area (Å²) in [6, 6.07) is 20.7. The third-order valence-corrected chi connectivity index (χ3v) is 7.36. The van der Waals surface area contributed by atoms with Gasteiger partial charge in [-0.25, -0.2) is 8.42 Å². The average molecular weight is 447 g/mol. The summed E-state index contributed by atoms with van der Waals surface area (Å²) in [6.45, 7) is 5.84. The van der Waals surface area contributed by atoms with Gasteiger partial charge in [0, 0.05) is 22.8 Å². The van der Waals surface area contributed by atoms with Crippen LogP contribution in [-0.4, -0.2) is 18.9 Å².